The summed E-state index contributed by atoms with van der Waals surface area (Å²) in [7, 11) is 1.70. The molecule has 3 aromatic rings. The SMILES string of the molecule is COc1cccc(N(Cc2cccnc2)c2ccc(O[C@@H]3CCCO3)cc2)c1OC1CCCC1. The van der Waals surface area contributed by atoms with Crippen molar-refractivity contribution in [1.29, 1.82) is 0 Å². The highest BCUT2D eigenvalue weighted by Gasteiger charge is 2.24. The maximum Gasteiger partial charge on any atom is 0.199 e. The first-order valence-corrected chi connectivity index (χ1v) is 12.2. The maximum atomic E-state index is 6.56. The van der Waals surface area contributed by atoms with Gasteiger partial charge in [0.15, 0.2) is 17.8 Å². The smallest absolute Gasteiger partial charge is 0.199 e. The fraction of sp³-hybridized carbons (Fsp3) is 0.393. The molecule has 6 heteroatoms. The van der Waals surface area contributed by atoms with Gasteiger partial charge in [-0.05, 0) is 80.1 Å². The molecule has 5 rings (SSSR count). The number of para-hydroxylation sites is 1. The van der Waals surface area contributed by atoms with Crippen molar-refractivity contribution >= 4 is 11.4 Å². The molecule has 2 aliphatic rings. The molecule has 0 unspecified atom stereocenters. The molecule has 2 aromatic carbocycles. The summed E-state index contributed by atoms with van der Waals surface area (Å²) in [6, 6.07) is 18.3. The number of benzene rings is 2. The highest BCUT2D eigenvalue weighted by atomic mass is 16.7. The van der Waals surface area contributed by atoms with Crippen molar-refractivity contribution in [2.24, 2.45) is 0 Å². The number of nitrogens with zero attached hydrogens (tertiary/aromatic N) is 2. The lowest BCUT2D eigenvalue weighted by Gasteiger charge is -2.29. The van der Waals surface area contributed by atoms with Gasteiger partial charge in [-0.25, -0.2) is 0 Å². The first kappa shape index (κ1) is 22.5. The van der Waals surface area contributed by atoms with E-state index in [1.165, 1.54) is 12.8 Å². The van der Waals surface area contributed by atoms with Crippen molar-refractivity contribution in [1.82, 2.24) is 4.98 Å². The van der Waals surface area contributed by atoms with Gasteiger partial charge in [0.1, 0.15) is 5.75 Å². The molecule has 0 bridgehead atoms. The average molecular weight is 461 g/mol. The van der Waals surface area contributed by atoms with Gasteiger partial charge in [0.05, 0.1) is 25.5 Å². The minimum atomic E-state index is -0.151. The molecule has 0 radical (unpaired) electrons. The van der Waals surface area contributed by atoms with E-state index in [0.717, 1.165) is 66.5 Å². The summed E-state index contributed by atoms with van der Waals surface area (Å²) in [6.45, 7) is 1.41. The van der Waals surface area contributed by atoms with Crippen LogP contribution in [0.25, 0.3) is 0 Å². The quantitative estimate of drug-likeness (QED) is 0.375. The van der Waals surface area contributed by atoms with Crippen LogP contribution in [0.4, 0.5) is 11.4 Å². The molecule has 1 aromatic heterocycles. The van der Waals surface area contributed by atoms with Gasteiger partial charge in [-0.15, -0.1) is 0 Å². The molecule has 0 spiro atoms. The summed E-state index contributed by atoms with van der Waals surface area (Å²) in [4.78, 5) is 6.57. The van der Waals surface area contributed by atoms with E-state index in [-0.39, 0.29) is 12.4 Å². The lowest BCUT2D eigenvalue weighted by molar-refractivity contribution is -0.0390. The van der Waals surface area contributed by atoms with Crippen molar-refractivity contribution < 1.29 is 18.9 Å². The van der Waals surface area contributed by atoms with Crippen LogP contribution in [-0.4, -0.2) is 31.1 Å². The van der Waals surface area contributed by atoms with Gasteiger partial charge < -0.3 is 23.8 Å². The van der Waals surface area contributed by atoms with Crippen LogP contribution >= 0.6 is 0 Å². The standard InChI is InChI=1S/C28H32N2O4/c1-31-26-11-4-10-25(28(26)34-23-8-2-3-9-23)30(20-21-7-5-17-29-19-21)22-13-15-24(16-14-22)33-27-12-6-18-32-27/h4-5,7,10-11,13-17,19,23,27H,2-3,6,8-9,12,18,20H2,1H3/t27-/m1/s1. The normalized spacial score (nSPS) is 18.1. The number of hydrogen-bond donors (Lipinski definition) is 0. The van der Waals surface area contributed by atoms with Crippen LogP contribution in [0.2, 0.25) is 0 Å². The molecule has 1 saturated heterocycles. The lowest BCUT2D eigenvalue weighted by Crippen LogP contribution is -2.20. The number of methoxy groups -OCH3 is 1. The molecule has 6 nitrogen and oxygen atoms in total. The molecule has 1 aliphatic heterocycles. The van der Waals surface area contributed by atoms with Gasteiger partial charge in [0, 0.05) is 31.0 Å². The highest BCUT2D eigenvalue weighted by molar-refractivity contribution is 5.73. The Kier molecular flexibility index (Phi) is 7.15. The second-order valence-corrected chi connectivity index (χ2v) is 8.83. The van der Waals surface area contributed by atoms with Gasteiger partial charge in [0.2, 0.25) is 0 Å². The zero-order valence-electron chi connectivity index (χ0n) is 19.7. The molecular formula is C28H32N2O4. The van der Waals surface area contributed by atoms with Gasteiger partial charge in [-0.2, -0.15) is 0 Å². The summed E-state index contributed by atoms with van der Waals surface area (Å²) in [5, 5.41) is 0. The summed E-state index contributed by atoms with van der Waals surface area (Å²) in [5.74, 6) is 2.35. The Hall–Kier alpha value is -3.25. The van der Waals surface area contributed by atoms with Crippen LogP contribution in [0.1, 0.15) is 44.1 Å². The fourth-order valence-corrected chi connectivity index (χ4v) is 4.66. The monoisotopic (exact) mass is 460 g/mol. The Morgan fingerprint density at radius 3 is 2.50 bits per heavy atom. The molecule has 2 fully saturated rings. The van der Waals surface area contributed by atoms with E-state index in [4.69, 9.17) is 18.9 Å². The Morgan fingerprint density at radius 2 is 1.79 bits per heavy atom. The molecule has 2 heterocycles. The van der Waals surface area contributed by atoms with Crippen molar-refractivity contribution in [2.75, 3.05) is 18.6 Å². The average Bonchev–Trinajstić information content (AvgIpc) is 3.59. The summed E-state index contributed by atoms with van der Waals surface area (Å²) >= 11 is 0. The van der Waals surface area contributed by atoms with Crippen LogP contribution in [0.5, 0.6) is 17.2 Å². The second-order valence-electron chi connectivity index (χ2n) is 8.83. The topological polar surface area (TPSA) is 53.1 Å². The lowest BCUT2D eigenvalue weighted by atomic mass is 10.1. The summed E-state index contributed by atoms with van der Waals surface area (Å²) in [6.07, 6.45) is 10.3. The molecule has 1 saturated carbocycles. The highest BCUT2D eigenvalue weighted by Crippen LogP contribution is 2.43. The minimum absolute atomic E-state index is 0.151. The van der Waals surface area contributed by atoms with E-state index in [2.05, 4.69) is 34.1 Å². The molecule has 34 heavy (non-hydrogen) atoms. The number of ether oxygens (including phenoxy) is 4. The number of pyridine rings is 1. The van der Waals surface area contributed by atoms with Crippen LogP contribution in [0.3, 0.4) is 0 Å². The predicted octanol–water partition coefficient (Wildman–Crippen LogP) is 6.27. The fourth-order valence-electron chi connectivity index (χ4n) is 4.66. The minimum Gasteiger partial charge on any atom is -0.493 e. The Labute approximate surface area is 201 Å². The third-order valence-electron chi connectivity index (χ3n) is 6.42. The van der Waals surface area contributed by atoms with Crippen molar-refractivity contribution in [3.63, 3.8) is 0 Å². The number of aromatic nitrogens is 1. The van der Waals surface area contributed by atoms with Crippen LogP contribution in [-0.2, 0) is 11.3 Å². The molecule has 178 valence electrons. The maximum absolute atomic E-state index is 6.56. The second kappa shape index (κ2) is 10.8. The van der Waals surface area contributed by atoms with Crippen LogP contribution < -0.4 is 19.1 Å². The predicted molar refractivity (Wildman–Crippen MR) is 132 cm³/mol. The molecular weight excluding hydrogens is 428 g/mol. The van der Waals surface area contributed by atoms with E-state index in [1.54, 1.807) is 13.3 Å². The van der Waals surface area contributed by atoms with Crippen molar-refractivity contribution in [2.45, 2.75) is 57.5 Å². The molecule has 0 amide bonds. The Bertz CT molecular complexity index is 1050. The summed E-state index contributed by atoms with van der Waals surface area (Å²) in [5.41, 5.74) is 3.12. The molecule has 0 N–H and O–H groups in total. The molecule has 1 aliphatic carbocycles. The van der Waals surface area contributed by atoms with Crippen molar-refractivity contribution in [3.8, 4) is 17.2 Å². The number of anilines is 2. The molecule has 1 atom stereocenters. The van der Waals surface area contributed by atoms with E-state index in [0.29, 0.717) is 6.54 Å². The van der Waals surface area contributed by atoms with Gasteiger partial charge in [-0.1, -0.05) is 12.1 Å². The van der Waals surface area contributed by atoms with Crippen LogP contribution in [0, 0.1) is 0 Å². The van der Waals surface area contributed by atoms with E-state index >= 15 is 0 Å². The van der Waals surface area contributed by atoms with E-state index < -0.39 is 0 Å². The van der Waals surface area contributed by atoms with Crippen LogP contribution in [0.15, 0.2) is 67.0 Å². The third kappa shape index (κ3) is 5.28. The Morgan fingerprint density at radius 1 is 0.941 bits per heavy atom. The zero-order chi connectivity index (χ0) is 23.2. The first-order chi connectivity index (χ1) is 16.8. The number of hydrogen-bond acceptors (Lipinski definition) is 6. The van der Waals surface area contributed by atoms with Gasteiger partial charge in [0.25, 0.3) is 0 Å². The van der Waals surface area contributed by atoms with Gasteiger partial charge in [-0.3, -0.25) is 4.98 Å². The first-order valence-electron chi connectivity index (χ1n) is 12.2. The zero-order valence-corrected chi connectivity index (χ0v) is 19.7. The van der Waals surface area contributed by atoms with Gasteiger partial charge >= 0.3 is 0 Å². The number of rotatable bonds is 9. The van der Waals surface area contributed by atoms with E-state index in [9.17, 15) is 0 Å². The largest absolute Gasteiger partial charge is 0.493 e. The third-order valence-corrected chi connectivity index (χ3v) is 6.42. The Balaban J connectivity index is 1.49. The summed E-state index contributed by atoms with van der Waals surface area (Å²) < 4.78 is 23.9. The van der Waals surface area contributed by atoms with E-state index in [1.807, 2.05) is 36.5 Å². The van der Waals surface area contributed by atoms with Crippen molar-refractivity contribution in [3.05, 3.63) is 72.6 Å².